The molecule has 0 amide bonds. The van der Waals surface area contributed by atoms with Crippen LogP contribution in [0.2, 0.25) is 0 Å². The van der Waals surface area contributed by atoms with Crippen molar-refractivity contribution in [3.63, 3.8) is 0 Å². The molecule has 0 saturated carbocycles. The lowest BCUT2D eigenvalue weighted by molar-refractivity contribution is 0.204. The third kappa shape index (κ3) is 11.0. The van der Waals surface area contributed by atoms with E-state index in [4.69, 9.17) is 4.74 Å². The number of guanidine groups is 1. The van der Waals surface area contributed by atoms with Crippen LogP contribution in [0.1, 0.15) is 31.2 Å². The predicted molar refractivity (Wildman–Crippen MR) is 130 cm³/mol. The number of halogens is 1. The van der Waals surface area contributed by atoms with Crippen molar-refractivity contribution in [2.45, 2.75) is 37.1 Å². The lowest BCUT2D eigenvalue weighted by Crippen LogP contribution is -2.39. The molecule has 29 heavy (non-hydrogen) atoms. The summed E-state index contributed by atoms with van der Waals surface area (Å²) in [4.78, 5) is 6.64. The molecule has 0 bridgehead atoms. The first-order valence-electron chi connectivity index (χ1n) is 9.54. The molecule has 7 nitrogen and oxygen atoms in total. The van der Waals surface area contributed by atoms with Crippen LogP contribution in [0.15, 0.2) is 46.8 Å². The lowest BCUT2D eigenvalue weighted by Gasteiger charge is -2.22. The number of methoxy groups -OCH3 is 1. The second kappa shape index (κ2) is 15.6. The van der Waals surface area contributed by atoms with Gasteiger partial charge in [0.25, 0.3) is 0 Å². The van der Waals surface area contributed by atoms with Gasteiger partial charge in [0.15, 0.2) is 5.96 Å². The summed E-state index contributed by atoms with van der Waals surface area (Å²) in [5.41, 5.74) is 0.871. The van der Waals surface area contributed by atoms with E-state index in [2.05, 4.69) is 26.5 Å². The van der Waals surface area contributed by atoms with Crippen LogP contribution >= 0.6 is 24.0 Å². The normalized spacial score (nSPS) is 11.6. The fourth-order valence-electron chi connectivity index (χ4n) is 2.67. The summed E-state index contributed by atoms with van der Waals surface area (Å²) < 4.78 is 32.1. The summed E-state index contributed by atoms with van der Waals surface area (Å²) in [6.07, 6.45) is 6.40. The van der Waals surface area contributed by atoms with E-state index in [1.165, 1.54) is 7.11 Å². The van der Waals surface area contributed by atoms with E-state index >= 15 is 0 Å². The van der Waals surface area contributed by atoms with E-state index in [1.807, 2.05) is 19.2 Å². The number of benzene rings is 1. The average molecular weight is 538 g/mol. The number of aliphatic imine (C=N–C) groups is 1. The first-order chi connectivity index (χ1) is 13.4. The Balaban J connectivity index is 0.00000784. The van der Waals surface area contributed by atoms with Crippen LogP contribution in [0.25, 0.3) is 0 Å². The Morgan fingerprint density at radius 2 is 2.07 bits per heavy atom. The second-order valence-corrected chi connectivity index (χ2v) is 8.27. The van der Waals surface area contributed by atoms with Crippen LogP contribution in [0.4, 0.5) is 0 Å². The number of nitrogens with one attached hydrogen (secondary N) is 2. The SMILES string of the molecule is C=CCCCCCN(C)C(=NC)NCc1cccc(S(=O)(=O)NCCOC)c1.I. The highest BCUT2D eigenvalue weighted by atomic mass is 127. The van der Waals surface area contributed by atoms with Gasteiger partial charge in [0.2, 0.25) is 10.0 Å². The number of allylic oxidation sites excluding steroid dienone is 1. The smallest absolute Gasteiger partial charge is 0.240 e. The van der Waals surface area contributed by atoms with Gasteiger partial charge < -0.3 is 15.0 Å². The molecule has 0 aliphatic carbocycles. The molecule has 0 radical (unpaired) electrons. The van der Waals surface area contributed by atoms with Crippen LogP contribution in [-0.4, -0.2) is 60.2 Å². The molecule has 0 unspecified atom stereocenters. The number of rotatable bonds is 13. The molecule has 1 aromatic rings. The van der Waals surface area contributed by atoms with Gasteiger partial charge in [-0.25, -0.2) is 13.1 Å². The Labute approximate surface area is 193 Å². The zero-order chi connectivity index (χ0) is 20.8. The van der Waals surface area contributed by atoms with Gasteiger partial charge in [-0.15, -0.1) is 30.6 Å². The molecule has 1 aromatic carbocycles. The van der Waals surface area contributed by atoms with Gasteiger partial charge in [-0.3, -0.25) is 4.99 Å². The van der Waals surface area contributed by atoms with Gasteiger partial charge in [-0.1, -0.05) is 24.6 Å². The number of ether oxygens (including phenoxy) is 1. The molecule has 0 aliphatic rings. The summed E-state index contributed by atoms with van der Waals surface area (Å²) in [6.45, 7) is 5.72. The fraction of sp³-hybridized carbons (Fsp3) is 0.550. The predicted octanol–water partition coefficient (Wildman–Crippen LogP) is 2.98. The average Bonchev–Trinajstić information content (AvgIpc) is 2.68. The zero-order valence-electron chi connectivity index (χ0n) is 17.7. The van der Waals surface area contributed by atoms with Crippen molar-refractivity contribution in [3.05, 3.63) is 42.5 Å². The molecular formula is C20H35IN4O3S. The van der Waals surface area contributed by atoms with E-state index in [0.717, 1.165) is 43.8 Å². The molecule has 1 rings (SSSR count). The summed E-state index contributed by atoms with van der Waals surface area (Å²) in [6, 6.07) is 6.89. The minimum atomic E-state index is -3.54. The molecule has 2 N–H and O–H groups in total. The molecular weight excluding hydrogens is 503 g/mol. The van der Waals surface area contributed by atoms with Gasteiger partial charge in [0.05, 0.1) is 11.5 Å². The largest absolute Gasteiger partial charge is 0.383 e. The maximum absolute atomic E-state index is 12.3. The van der Waals surface area contributed by atoms with Crippen molar-refractivity contribution in [2.24, 2.45) is 4.99 Å². The highest BCUT2D eigenvalue weighted by molar-refractivity contribution is 14.0. The molecule has 0 heterocycles. The topological polar surface area (TPSA) is 83.0 Å². The molecule has 0 atom stereocenters. The quantitative estimate of drug-likeness (QED) is 0.133. The third-order valence-electron chi connectivity index (χ3n) is 4.23. The summed E-state index contributed by atoms with van der Waals surface area (Å²) in [5, 5.41) is 3.29. The lowest BCUT2D eigenvalue weighted by atomic mass is 10.2. The van der Waals surface area contributed by atoms with Gasteiger partial charge in [0.1, 0.15) is 0 Å². The van der Waals surface area contributed by atoms with E-state index in [-0.39, 0.29) is 35.4 Å². The molecule has 0 aromatic heterocycles. The van der Waals surface area contributed by atoms with Crippen LogP contribution in [0.3, 0.4) is 0 Å². The molecule has 0 fully saturated rings. The van der Waals surface area contributed by atoms with Crippen LogP contribution < -0.4 is 10.0 Å². The first-order valence-corrected chi connectivity index (χ1v) is 11.0. The van der Waals surface area contributed by atoms with E-state index in [1.54, 1.807) is 25.2 Å². The number of sulfonamides is 1. The third-order valence-corrected chi connectivity index (χ3v) is 5.69. The maximum atomic E-state index is 12.3. The van der Waals surface area contributed by atoms with E-state index < -0.39 is 10.0 Å². The Morgan fingerprint density at radius 3 is 2.72 bits per heavy atom. The molecule has 9 heteroatoms. The molecule has 0 spiro atoms. The van der Waals surface area contributed by atoms with Gasteiger partial charge >= 0.3 is 0 Å². The Kier molecular flexibility index (Phi) is 15.0. The summed E-state index contributed by atoms with van der Waals surface area (Å²) in [5.74, 6) is 0.787. The van der Waals surface area contributed by atoms with Crippen molar-refractivity contribution in [3.8, 4) is 0 Å². The zero-order valence-corrected chi connectivity index (χ0v) is 20.8. The summed E-state index contributed by atoms with van der Waals surface area (Å²) >= 11 is 0. The van der Waals surface area contributed by atoms with Crippen molar-refractivity contribution in [1.29, 1.82) is 0 Å². The highest BCUT2D eigenvalue weighted by Crippen LogP contribution is 2.11. The second-order valence-electron chi connectivity index (χ2n) is 6.50. The van der Waals surface area contributed by atoms with Gasteiger partial charge in [0, 0.05) is 40.8 Å². The van der Waals surface area contributed by atoms with Crippen LogP contribution in [-0.2, 0) is 21.3 Å². The number of hydrogen-bond acceptors (Lipinski definition) is 4. The standard InChI is InChI=1S/C20H34N4O3S.HI/c1-5-6-7-8-9-14-24(3)20(21-2)22-17-18-11-10-12-19(16-18)28(25,26)23-13-15-27-4;/h5,10-12,16,23H,1,6-9,13-15,17H2,2-4H3,(H,21,22);1H. The highest BCUT2D eigenvalue weighted by Gasteiger charge is 2.14. The minimum absolute atomic E-state index is 0. The van der Waals surface area contributed by atoms with Crippen molar-refractivity contribution in [1.82, 2.24) is 14.9 Å². The molecule has 0 aliphatic heterocycles. The van der Waals surface area contributed by atoms with Crippen LogP contribution in [0.5, 0.6) is 0 Å². The van der Waals surface area contributed by atoms with Crippen molar-refractivity contribution < 1.29 is 13.2 Å². The number of nitrogens with zero attached hydrogens (tertiary/aromatic N) is 2. The monoisotopic (exact) mass is 538 g/mol. The Morgan fingerprint density at radius 1 is 1.31 bits per heavy atom. The molecule has 166 valence electrons. The van der Waals surface area contributed by atoms with Crippen molar-refractivity contribution in [2.75, 3.05) is 40.9 Å². The number of hydrogen-bond donors (Lipinski definition) is 2. The van der Waals surface area contributed by atoms with Gasteiger partial charge in [-0.2, -0.15) is 0 Å². The van der Waals surface area contributed by atoms with Crippen molar-refractivity contribution >= 4 is 40.0 Å². The Bertz CT molecular complexity index is 726. The number of unbranched alkanes of at least 4 members (excludes halogenated alkanes) is 3. The molecule has 0 saturated heterocycles. The first kappa shape index (κ1) is 27.8. The van der Waals surface area contributed by atoms with Gasteiger partial charge in [-0.05, 0) is 37.0 Å². The maximum Gasteiger partial charge on any atom is 0.240 e. The van der Waals surface area contributed by atoms with Crippen LogP contribution in [0, 0.1) is 0 Å². The minimum Gasteiger partial charge on any atom is -0.383 e. The fourth-order valence-corrected chi connectivity index (χ4v) is 3.75. The van der Waals surface area contributed by atoms with E-state index in [9.17, 15) is 8.42 Å². The summed E-state index contributed by atoms with van der Waals surface area (Å²) in [7, 11) is 1.74. The van der Waals surface area contributed by atoms with E-state index in [0.29, 0.717) is 13.2 Å². The Hall–Kier alpha value is -1.17.